The number of carboxylic acid groups (broad SMARTS) is 1. The Hall–Kier alpha value is -1.29. The van der Waals surface area contributed by atoms with Crippen LogP contribution >= 0.6 is 11.3 Å². The quantitative estimate of drug-likeness (QED) is 0.765. The number of carboxylic acids is 1. The minimum Gasteiger partial charge on any atom is -0.480 e. The molecule has 0 fully saturated rings. The first-order valence-electron chi connectivity index (χ1n) is 5.54. The van der Waals surface area contributed by atoms with Gasteiger partial charge in [0.1, 0.15) is 0 Å². The van der Waals surface area contributed by atoms with Crippen LogP contribution in [-0.2, 0) is 15.0 Å². The molecule has 2 rings (SSSR count). The standard InChI is InChI=1S/C10H13N3O4S2/c14-10(15)9(8-6-18-7-11-8)12-19(16,17)13-4-2-1-3-5-13/h1-2,6-7,9,12H,3-5H2,(H,14,15). The van der Waals surface area contributed by atoms with Crippen LogP contribution in [0.3, 0.4) is 0 Å². The van der Waals surface area contributed by atoms with E-state index in [4.69, 9.17) is 5.11 Å². The van der Waals surface area contributed by atoms with Crippen molar-refractivity contribution in [3.63, 3.8) is 0 Å². The van der Waals surface area contributed by atoms with Crippen molar-refractivity contribution in [1.82, 2.24) is 14.0 Å². The Bertz CT molecular complexity index is 568. The average Bonchev–Trinajstić information content (AvgIpc) is 2.90. The molecule has 0 amide bonds. The molecule has 0 bridgehead atoms. The number of carbonyl (C=O) groups is 1. The van der Waals surface area contributed by atoms with E-state index < -0.39 is 22.2 Å². The Kier molecular flexibility index (Phi) is 4.30. The molecule has 2 N–H and O–H groups in total. The summed E-state index contributed by atoms with van der Waals surface area (Å²) in [6.07, 6.45) is 4.25. The SMILES string of the molecule is O=C(O)C(NS(=O)(=O)N1CC=CCC1)c1cscn1. The number of nitrogens with one attached hydrogen (secondary N) is 1. The monoisotopic (exact) mass is 303 g/mol. The van der Waals surface area contributed by atoms with E-state index in [9.17, 15) is 13.2 Å². The zero-order valence-electron chi connectivity index (χ0n) is 9.89. The molecule has 104 valence electrons. The summed E-state index contributed by atoms with van der Waals surface area (Å²) in [5, 5.41) is 10.6. The average molecular weight is 303 g/mol. The van der Waals surface area contributed by atoms with Gasteiger partial charge >= 0.3 is 5.97 Å². The van der Waals surface area contributed by atoms with E-state index in [0.29, 0.717) is 13.0 Å². The van der Waals surface area contributed by atoms with Gasteiger partial charge in [0.05, 0.1) is 11.2 Å². The molecule has 1 aromatic rings. The lowest BCUT2D eigenvalue weighted by Gasteiger charge is -2.24. The van der Waals surface area contributed by atoms with Crippen LogP contribution in [0.4, 0.5) is 0 Å². The second-order valence-electron chi connectivity index (χ2n) is 3.93. The lowest BCUT2D eigenvalue weighted by molar-refractivity contribution is -0.139. The van der Waals surface area contributed by atoms with Crippen molar-refractivity contribution in [1.29, 1.82) is 0 Å². The van der Waals surface area contributed by atoms with Gasteiger partial charge in [0.25, 0.3) is 10.2 Å². The highest BCUT2D eigenvalue weighted by Gasteiger charge is 2.31. The summed E-state index contributed by atoms with van der Waals surface area (Å²) in [5.41, 5.74) is 1.65. The highest BCUT2D eigenvalue weighted by Crippen LogP contribution is 2.16. The third kappa shape index (κ3) is 3.38. The zero-order valence-corrected chi connectivity index (χ0v) is 11.5. The number of thiazole rings is 1. The molecule has 0 aliphatic carbocycles. The second kappa shape index (κ2) is 5.78. The van der Waals surface area contributed by atoms with Crippen molar-refractivity contribution >= 4 is 27.5 Å². The van der Waals surface area contributed by atoms with Crippen LogP contribution in [0.5, 0.6) is 0 Å². The summed E-state index contributed by atoms with van der Waals surface area (Å²) < 4.78 is 27.6. The van der Waals surface area contributed by atoms with Gasteiger partial charge in [-0.15, -0.1) is 11.3 Å². The van der Waals surface area contributed by atoms with Gasteiger partial charge < -0.3 is 5.11 Å². The van der Waals surface area contributed by atoms with Crippen molar-refractivity contribution in [2.45, 2.75) is 12.5 Å². The number of hydrogen-bond acceptors (Lipinski definition) is 5. The third-order valence-electron chi connectivity index (χ3n) is 2.62. The van der Waals surface area contributed by atoms with Gasteiger partial charge in [0.15, 0.2) is 6.04 Å². The van der Waals surface area contributed by atoms with Crippen molar-refractivity contribution in [2.24, 2.45) is 0 Å². The van der Waals surface area contributed by atoms with Gasteiger partial charge in [0, 0.05) is 18.5 Å². The largest absolute Gasteiger partial charge is 0.480 e. The lowest BCUT2D eigenvalue weighted by atomic mass is 10.2. The minimum atomic E-state index is -3.84. The Labute approximate surface area is 114 Å². The van der Waals surface area contributed by atoms with Gasteiger partial charge in [-0.05, 0) is 6.42 Å². The molecule has 0 aromatic carbocycles. The van der Waals surface area contributed by atoms with Crippen molar-refractivity contribution in [3.8, 4) is 0 Å². The fourth-order valence-corrected chi connectivity index (χ4v) is 3.54. The van der Waals surface area contributed by atoms with E-state index >= 15 is 0 Å². The fourth-order valence-electron chi connectivity index (χ4n) is 1.66. The molecular formula is C10H13N3O4S2. The Morgan fingerprint density at radius 2 is 2.32 bits per heavy atom. The maximum atomic E-state index is 12.1. The molecular weight excluding hydrogens is 290 g/mol. The summed E-state index contributed by atoms with van der Waals surface area (Å²) in [7, 11) is -3.84. The van der Waals surface area contributed by atoms with E-state index in [-0.39, 0.29) is 12.2 Å². The topological polar surface area (TPSA) is 99.6 Å². The molecule has 1 aromatic heterocycles. The van der Waals surface area contributed by atoms with E-state index in [1.54, 1.807) is 6.08 Å². The van der Waals surface area contributed by atoms with Crippen LogP contribution < -0.4 is 4.72 Å². The van der Waals surface area contributed by atoms with Crippen molar-refractivity contribution in [3.05, 3.63) is 28.7 Å². The van der Waals surface area contributed by atoms with Crippen molar-refractivity contribution < 1.29 is 18.3 Å². The van der Waals surface area contributed by atoms with Gasteiger partial charge in [-0.25, -0.2) is 4.98 Å². The predicted molar refractivity (Wildman–Crippen MR) is 69.9 cm³/mol. The van der Waals surface area contributed by atoms with Crippen LogP contribution in [0.2, 0.25) is 0 Å². The van der Waals surface area contributed by atoms with E-state index in [1.807, 2.05) is 6.08 Å². The summed E-state index contributed by atoms with van der Waals surface area (Å²) in [6, 6.07) is -1.36. The lowest BCUT2D eigenvalue weighted by Crippen LogP contribution is -2.45. The number of hydrogen-bond donors (Lipinski definition) is 2. The number of aromatic nitrogens is 1. The highest BCUT2D eigenvalue weighted by molar-refractivity contribution is 7.87. The molecule has 1 atom stereocenters. The number of rotatable bonds is 5. The molecule has 7 nitrogen and oxygen atoms in total. The number of nitrogens with zero attached hydrogens (tertiary/aromatic N) is 2. The maximum Gasteiger partial charge on any atom is 0.328 e. The van der Waals surface area contributed by atoms with E-state index in [1.165, 1.54) is 26.5 Å². The highest BCUT2D eigenvalue weighted by atomic mass is 32.2. The molecule has 1 aliphatic heterocycles. The van der Waals surface area contributed by atoms with Gasteiger partial charge in [-0.2, -0.15) is 17.4 Å². The normalized spacial score (nSPS) is 18.3. The Balaban J connectivity index is 2.17. The van der Waals surface area contributed by atoms with Crippen molar-refractivity contribution in [2.75, 3.05) is 13.1 Å². The molecule has 2 heterocycles. The molecule has 9 heteroatoms. The Morgan fingerprint density at radius 3 is 2.84 bits per heavy atom. The van der Waals surface area contributed by atoms with Crippen LogP contribution in [0.1, 0.15) is 18.2 Å². The van der Waals surface area contributed by atoms with Crippen LogP contribution in [0, 0.1) is 0 Å². The Morgan fingerprint density at radius 1 is 1.53 bits per heavy atom. The molecule has 0 spiro atoms. The molecule has 0 radical (unpaired) electrons. The molecule has 19 heavy (non-hydrogen) atoms. The molecule has 0 saturated carbocycles. The van der Waals surface area contributed by atoms with E-state index in [2.05, 4.69) is 9.71 Å². The van der Waals surface area contributed by atoms with Gasteiger partial charge in [0.2, 0.25) is 0 Å². The first-order valence-corrected chi connectivity index (χ1v) is 7.92. The van der Waals surface area contributed by atoms with Crippen LogP contribution in [0.25, 0.3) is 0 Å². The summed E-state index contributed by atoms with van der Waals surface area (Å²) in [4.78, 5) is 15.0. The van der Waals surface area contributed by atoms with Crippen LogP contribution in [-0.4, -0.2) is 41.9 Å². The summed E-state index contributed by atoms with van der Waals surface area (Å²) >= 11 is 1.21. The zero-order chi connectivity index (χ0) is 13.9. The second-order valence-corrected chi connectivity index (χ2v) is 6.35. The predicted octanol–water partition coefficient (Wildman–Crippen LogP) is 0.365. The third-order valence-corrected chi connectivity index (χ3v) is 4.77. The van der Waals surface area contributed by atoms with E-state index in [0.717, 1.165) is 0 Å². The maximum absolute atomic E-state index is 12.1. The first-order chi connectivity index (χ1) is 9.00. The minimum absolute atomic E-state index is 0.189. The summed E-state index contributed by atoms with van der Waals surface area (Å²) in [6.45, 7) is 0.591. The number of aliphatic carboxylic acids is 1. The molecule has 0 saturated heterocycles. The fraction of sp³-hybridized carbons (Fsp3) is 0.400. The smallest absolute Gasteiger partial charge is 0.328 e. The molecule has 1 aliphatic rings. The first kappa shape index (κ1) is 14.1. The van der Waals surface area contributed by atoms with Crippen LogP contribution in [0.15, 0.2) is 23.0 Å². The molecule has 1 unspecified atom stereocenters. The summed E-state index contributed by atoms with van der Waals surface area (Å²) in [5.74, 6) is -1.28. The van der Waals surface area contributed by atoms with Gasteiger partial charge in [-0.1, -0.05) is 12.2 Å². The van der Waals surface area contributed by atoms with Gasteiger partial charge in [-0.3, -0.25) is 4.79 Å².